The van der Waals surface area contributed by atoms with Crippen LogP contribution in [0, 0.1) is 0 Å². The molecule has 1 amide bonds. The van der Waals surface area contributed by atoms with E-state index in [1.807, 2.05) is 0 Å². The van der Waals surface area contributed by atoms with E-state index in [4.69, 9.17) is 4.74 Å². The molecule has 1 heterocycles. The van der Waals surface area contributed by atoms with Gasteiger partial charge in [-0.25, -0.2) is 14.5 Å². The number of anilines is 1. The number of rotatable bonds is 5. The standard InChI is InChI=1S/C23H14F6N4O3/c24-22(25,26)18-3-1-2-4-19(18)35-21(34)31-15-7-5-14(6-8-15)20-30-13-33(32-20)16-9-11-17(12-10-16)36-23(27,28)29/h1-13H,(H,31,34). The zero-order chi connectivity index (χ0) is 25.9. The van der Waals surface area contributed by atoms with Crippen molar-refractivity contribution in [3.05, 3.63) is 84.7 Å². The molecule has 4 aromatic rings. The summed E-state index contributed by atoms with van der Waals surface area (Å²) in [5, 5.41) is 6.59. The van der Waals surface area contributed by atoms with Crippen LogP contribution in [0.2, 0.25) is 0 Å². The second kappa shape index (κ2) is 9.60. The molecule has 1 aromatic heterocycles. The van der Waals surface area contributed by atoms with Gasteiger partial charge in [0.25, 0.3) is 0 Å². The lowest BCUT2D eigenvalue weighted by molar-refractivity contribution is -0.274. The number of nitrogens with one attached hydrogen (secondary N) is 1. The summed E-state index contributed by atoms with van der Waals surface area (Å²) in [7, 11) is 0. The van der Waals surface area contributed by atoms with Gasteiger partial charge < -0.3 is 9.47 Å². The van der Waals surface area contributed by atoms with Gasteiger partial charge in [-0.2, -0.15) is 13.2 Å². The summed E-state index contributed by atoms with van der Waals surface area (Å²) in [4.78, 5) is 16.2. The molecule has 0 aliphatic rings. The van der Waals surface area contributed by atoms with Gasteiger partial charge in [0, 0.05) is 11.3 Å². The molecule has 0 bridgehead atoms. The number of para-hydroxylation sites is 1. The van der Waals surface area contributed by atoms with Crippen molar-refractivity contribution in [1.29, 1.82) is 0 Å². The van der Waals surface area contributed by atoms with E-state index in [0.29, 0.717) is 11.3 Å². The molecule has 186 valence electrons. The van der Waals surface area contributed by atoms with E-state index in [9.17, 15) is 31.1 Å². The number of hydrogen-bond donors (Lipinski definition) is 1. The highest BCUT2D eigenvalue weighted by molar-refractivity contribution is 5.86. The molecule has 0 saturated heterocycles. The van der Waals surface area contributed by atoms with Crippen molar-refractivity contribution in [2.24, 2.45) is 0 Å². The first-order valence-corrected chi connectivity index (χ1v) is 10.0. The second-order valence-electron chi connectivity index (χ2n) is 7.14. The van der Waals surface area contributed by atoms with E-state index in [2.05, 4.69) is 20.1 Å². The highest BCUT2D eigenvalue weighted by atomic mass is 19.4. The number of carbonyl (C=O) groups excluding carboxylic acids is 1. The van der Waals surface area contributed by atoms with Gasteiger partial charge in [-0.3, -0.25) is 5.32 Å². The number of halogens is 6. The van der Waals surface area contributed by atoms with Gasteiger partial charge in [-0.15, -0.1) is 18.3 Å². The Labute approximate surface area is 198 Å². The van der Waals surface area contributed by atoms with Crippen molar-refractivity contribution >= 4 is 11.8 Å². The summed E-state index contributed by atoms with van der Waals surface area (Å²) in [6, 6.07) is 15.4. The third kappa shape index (κ3) is 6.11. The molecule has 0 aliphatic heterocycles. The Morgan fingerprint density at radius 3 is 2.17 bits per heavy atom. The quantitative estimate of drug-likeness (QED) is 0.313. The van der Waals surface area contributed by atoms with Crippen LogP contribution in [-0.2, 0) is 6.18 Å². The molecule has 36 heavy (non-hydrogen) atoms. The highest BCUT2D eigenvalue weighted by Gasteiger charge is 2.34. The fourth-order valence-corrected chi connectivity index (χ4v) is 3.06. The molecule has 0 aliphatic carbocycles. The van der Waals surface area contributed by atoms with Crippen LogP contribution in [-0.4, -0.2) is 27.2 Å². The molecule has 0 atom stereocenters. The average molecular weight is 508 g/mol. The fraction of sp³-hybridized carbons (Fsp3) is 0.0870. The molecule has 0 saturated carbocycles. The first-order chi connectivity index (χ1) is 17.0. The van der Waals surface area contributed by atoms with Crippen LogP contribution in [0.3, 0.4) is 0 Å². The molecule has 0 radical (unpaired) electrons. The van der Waals surface area contributed by atoms with Crippen molar-refractivity contribution in [3.8, 4) is 28.6 Å². The molecule has 7 nitrogen and oxygen atoms in total. The van der Waals surface area contributed by atoms with Crippen LogP contribution >= 0.6 is 0 Å². The summed E-state index contributed by atoms with van der Waals surface area (Å²) in [6.45, 7) is 0. The van der Waals surface area contributed by atoms with Gasteiger partial charge >= 0.3 is 18.6 Å². The minimum absolute atomic E-state index is 0.243. The molecule has 0 fully saturated rings. The van der Waals surface area contributed by atoms with E-state index in [-0.39, 0.29) is 17.3 Å². The molecule has 1 N–H and O–H groups in total. The third-order valence-electron chi connectivity index (χ3n) is 4.61. The van der Waals surface area contributed by atoms with Crippen LogP contribution in [0.4, 0.5) is 36.8 Å². The lowest BCUT2D eigenvalue weighted by Gasteiger charge is -2.13. The number of hydrogen-bond acceptors (Lipinski definition) is 5. The van der Waals surface area contributed by atoms with Crippen LogP contribution in [0.15, 0.2) is 79.1 Å². The fourth-order valence-electron chi connectivity index (χ4n) is 3.06. The topological polar surface area (TPSA) is 78.3 Å². The molecule has 3 aromatic carbocycles. The minimum atomic E-state index is -4.80. The number of benzene rings is 3. The number of carbonyl (C=O) groups is 1. The van der Waals surface area contributed by atoms with Crippen LogP contribution < -0.4 is 14.8 Å². The smallest absolute Gasteiger partial charge is 0.409 e. The maximum atomic E-state index is 13.0. The second-order valence-corrected chi connectivity index (χ2v) is 7.14. The summed E-state index contributed by atoms with van der Waals surface area (Å²) in [6.07, 6.45) is -9.24. The highest BCUT2D eigenvalue weighted by Crippen LogP contribution is 2.36. The first-order valence-electron chi connectivity index (χ1n) is 10.0. The molecule has 0 unspecified atom stereocenters. The predicted octanol–water partition coefficient (Wildman–Crippen LogP) is 6.46. The lowest BCUT2D eigenvalue weighted by atomic mass is 10.2. The summed E-state index contributed by atoms with van der Waals surface area (Å²) < 4.78 is 86.0. The molecular formula is C23H14F6N4O3. The predicted molar refractivity (Wildman–Crippen MR) is 115 cm³/mol. The van der Waals surface area contributed by atoms with Crippen molar-refractivity contribution in [1.82, 2.24) is 14.8 Å². The summed E-state index contributed by atoms with van der Waals surface area (Å²) >= 11 is 0. The van der Waals surface area contributed by atoms with Crippen molar-refractivity contribution in [2.75, 3.05) is 5.32 Å². The Hall–Kier alpha value is -4.55. The largest absolute Gasteiger partial charge is 0.573 e. The monoisotopic (exact) mass is 508 g/mol. The normalized spacial score (nSPS) is 11.7. The Morgan fingerprint density at radius 1 is 0.861 bits per heavy atom. The maximum Gasteiger partial charge on any atom is 0.573 e. The summed E-state index contributed by atoms with van der Waals surface area (Å²) in [5.41, 5.74) is 0.128. The van der Waals surface area contributed by atoms with E-state index >= 15 is 0 Å². The van der Waals surface area contributed by atoms with Crippen molar-refractivity contribution < 1.29 is 40.6 Å². The Bertz CT molecular complexity index is 1350. The van der Waals surface area contributed by atoms with Crippen molar-refractivity contribution in [3.63, 3.8) is 0 Å². The Morgan fingerprint density at radius 2 is 1.53 bits per heavy atom. The SMILES string of the molecule is O=C(Nc1ccc(-c2ncn(-c3ccc(OC(F)(F)F)cc3)n2)cc1)Oc1ccccc1C(F)(F)F. The first kappa shape index (κ1) is 24.6. The van der Waals surface area contributed by atoms with E-state index in [1.165, 1.54) is 47.4 Å². The van der Waals surface area contributed by atoms with Gasteiger partial charge in [-0.1, -0.05) is 12.1 Å². The van der Waals surface area contributed by atoms with Gasteiger partial charge in [-0.05, 0) is 60.7 Å². The van der Waals surface area contributed by atoms with Crippen LogP contribution in [0.5, 0.6) is 11.5 Å². The number of alkyl halides is 6. The van der Waals surface area contributed by atoms with Crippen LogP contribution in [0.25, 0.3) is 17.1 Å². The van der Waals surface area contributed by atoms with Crippen molar-refractivity contribution in [2.45, 2.75) is 12.5 Å². The number of amides is 1. The molecule has 0 spiro atoms. The molecule has 13 heteroatoms. The van der Waals surface area contributed by atoms with E-state index < -0.39 is 29.9 Å². The minimum Gasteiger partial charge on any atom is -0.409 e. The zero-order valence-corrected chi connectivity index (χ0v) is 17.8. The Kier molecular flexibility index (Phi) is 6.55. The summed E-state index contributed by atoms with van der Waals surface area (Å²) in [5.74, 6) is -0.735. The molecule has 4 rings (SSSR count). The van der Waals surface area contributed by atoms with Crippen LogP contribution in [0.1, 0.15) is 5.56 Å². The molecular weight excluding hydrogens is 494 g/mol. The Balaban J connectivity index is 1.41. The zero-order valence-electron chi connectivity index (χ0n) is 17.8. The lowest BCUT2D eigenvalue weighted by Crippen LogP contribution is -2.19. The van der Waals surface area contributed by atoms with E-state index in [0.717, 1.165) is 24.3 Å². The number of ether oxygens (including phenoxy) is 2. The maximum absolute atomic E-state index is 13.0. The van der Waals surface area contributed by atoms with Gasteiger partial charge in [0.05, 0.1) is 11.3 Å². The number of nitrogens with zero attached hydrogens (tertiary/aromatic N) is 3. The van der Waals surface area contributed by atoms with Gasteiger partial charge in [0.1, 0.15) is 17.8 Å². The number of aromatic nitrogens is 3. The average Bonchev–Trinajstić information content (AvgIpc) is 3.29. The van der Waals surface area contributed by atoms with E-state index in [1.54, 1.807) is 12.1 Å². The third-order valence-corrected chi connectivity index (χ3v) is 4.61. The van der Waals surface area contributed by atoms with Gasteiger partial charge in [0.15, 0.2) is 5.82 Å². The van der Waals surface area contributed by atoms with Gasteiger partial charge in [0.2, 0.25) is 0 Å².